The van der Waals surface area contributed by atoms with Crippen molar-refractivity contribution in [1.82, 2.24) is 20.3 Å². The van der Waals surface area contributed by atoms with Crippen LogP contribution in [0.4, 0.5) is 0 Å². The van der Waals surface area contributed by atoms with Crippen LogP contribution in [0.5, 0.6) is 0 Å². The van der Waals surface area contributed by atoms with Gasteiger partial charge in [-0.2, -0.15) is 0 Å². The van der Waals surface area contributed by atoms with E-state index in [0.717, 1.165) is 0 Å². The normalized spacial score (nSPS) is 13.3. The van der Waals surface area contributed by atoms with Crippen molar-refractivity contribution in [3.8, 4) is 5.69 Å². The van der Waals surface area contributed by atoms with E-state index in [2.05, 4.69) is 15.6 Å². The van der Waals surface area contributed by atoms with Crippen molar-refractivity contribution in [3.05, 3.63) is 40.7 Å². The Bertz CT molecular complexity index is 759. The number of halogens is 1. The maximum Gasteiger partial charge on any atom is 0.274 e. The Kier molecular flexibility index (Phi) is 5.56. The van der Waals surface area contributed by atoms with Gasteiger partial charge in [-0.1, -0.05) is 49.2 Å². The van der Waals surface area contributed by atoms with Gasteiger partial charge in [-0.25, -0.2) is 4.68 Å². The maximum absolute atomic E-state index is 12.5. The van der Waals surface area contributed by atoms with Crippen LogP contribution in [-0.4, -0.2) is 32.9 Å². The Morgan fingerprint density at radius 3 is 2.62 bits per heavy atom. The second kappa shape index (κ2) is 7.44. The van der Waals surface area contributed by atoms with Crippen molar-refractivity contribution < 1.29 is 9.59 Å². The third-order valence-corrected chi connectivity index (χ3v) is 4.32. The van der Waals surface area contributed by atoms with Crippen LogP contribution >= 0.6 is 11.6 Å². The summed E-state index contributed by atoms with van der Waals surface area (Å²) in [7, 11) is 0. The summed E-state index contributed by atoms with van der Waals surface area (Å²) in [4.78, 5) is 24.0. The van der Waals surface area contributed by atoms with Gasteiger partial charge in [0.1, 0.15) is 6.04 Å². The summed E-state index contributed by atoms with van der Waals surface area (Å²) in [5.74, 6) is -1.14. The Balaban J connectivity index is 2.29. The van der Waals surface area contributed by atoms with Crippen molar-refractivity contribution in [2.24, 2.45) is 11.7 Å². The number of para-hydroxylation sites is 1. The highest BCUT2D eigenvalue weighted by Gasteiger charge is 2.27. The highest BCUT2D eigenvalue weighted by Crippen LogP contribution is 2.21. The van der Waals surface area contributed by atoms with Gasteiger partial charge in [-0.3, -0.25) is 9.59 Å². The molecule has 128 valence electrons. The molecule has 0 fully saturated rings. The number of nitrogens with two attached hydrogens (primary N) is 1. The molecule has 0 radical (unpaired) electrons. The van der Waals surface area contributed by atoms with Crippen molar-refractivity contribution in [1.29, 1.82) is 0 Å². The third-order valence-electron chi connectivity index (χ3n) is 4.00. The zero-order valence-corrected chi connectivity index (χ0v) is 14.5. The lowest BCUT2D eigenvalue weighted by Crippen LogP contribution is -2.48. The predicted octanol–water partition coefficient (Wildman–Crippen LogP) is 1.86. The molecule has 24 heavy (non-hydrogen) atoms. The predicted molar refractivity (Wildman–Crippen MR) is 91.0 cm³/mol. The molecule has 0 saturated carbocycles. The van der Waals surface area contributed by atoms with Crippen LogP contribution in [0, 0.1) is 12.8 Å². The van der Waals surface area contributed by atoms with Gasteiger partial charge in [0.15, 0.2) is 5.69 Å². The van der Waals surface area contributed by atoms with Crippen LogP contribution in [0.2, 0.25) is 5.02 Å². The smallest absolute Gasteiger partial charge is 0.274 e. The van der Waals surface area contributed by atoms with Gasteiger partial charge in [-0.15, -0.1) is 5.10 Å². The number of rotatable bonds is 6. The van der Waals surface area contributed by atoms with Crippen LogP contribution in [-0.2, 0) is 4.79 Å². The first-order chi connectivity index (χ1) is 11.4. The minimum absolute atomic E-state index is 0.0784. The maximum atomic E-state index is 12.5. The van der Waals surface area contributed by atoms with Gasteiger partial charge in [0.2, 0.25) is 5.91 Å². The van der Waals surface area contributed by atoms with Gasteiger partial charge in [-0.05, 0) is 25.0 Å². The standard InChI is InChI=1S/C16H20ClN5O2/c1-4-9(2)13(15(18)23)19-16(24)14-10(3)22(21-20-14)12-8-6-5-7-11(12)17/h5-9,13H,4H2,1-3H3,(H2,18,23)(H,19,24)/t9-,13+/m0/s1. The minimum Gasteiger partial charge on any atom is -0.368 e. The highest BCUT2D eigenvalue weighted by molar-refractivity contribution is 6.32. The molecule has 7 nitrogen and oxygen atoms in total. The molecule has 8 heteroatoms. The van der Waals surface area contributed by atoms with Crippen LogP contribution in [0.15, 0.2) is 24.3 Å². The molecule has 0 saturated heterocycles. The van der Waals surface area contributed by atoms with E-state index in [9.17, 15) is 9.59 Å². The lowest BCUT2D eigenvalue weighted by atomic mass is 9.98. The highest BCUT2D eigenvalue weighted by atomic mass is 35.5. The zero-order chi connectivity index (χ0) is 17.9. The fourth-order valence-corrected chi connectivity index (χ4v) is 2.55. The Morgan fingerprint density at radius 2 is 2.04 bits per heavy atom. The van der Waals surface area contributed by atoms with Crippen molar-refractivity contribution >= 4 is 23.4 Å². The SMILES string of the molecule is CC[C@H](C)[C@@H](NC(=O)c1nnn(-c2ccccc2Cl)c1C)C(N)=O. The number of amides is 2. The fourth-order valence-electron chi connectivity index (χ4n) is 2.33. The van der Waals surface area contributed by atoms with Gasteiger partial charge in [0.05, 0.1) is 16.4 Å². The van der Waals surface area contributed by atoms with Crippen molar-refractivity contribution in [3.63, 3.8) is 0 Å². The topological polar surface area (TPSA) is 103 Å². The first kappa shape index (κ1) is 17.9. The molecule has 2 amide bonds. The Morgan fingerprint density at radius 1 is 1.38 bits per heavy atom. The molecule has 3 N–H and O–H groups in total. The van der Waals surface area contributed by atoms with Crippen LogP contribution in [0.25, 0.3) is 5.69 Å². The van der Waals surface area contributed by atoms with Gasteiger partial charge in [0, 0.05) is 0 Å². The molecule has 0 aliphatic carbocycles. The summed E-state index contributed by atoms with van der Waals surface area (Å²) >= 11 is 6.16. The number of carbonyl (C=O) groups excluding carboxylic acids is 2. The van der Waals surface area contributed by atoms with E-state index in [1.54, 1.807) is 25.1 Å². The Labute approximate surface area is 145 Å². The van der Waals surface area contributed by atoms with Crippen molar-refractivity contribution in [2.75, 3.05) is 0 Å². The first-order valence-electron chi connectivity index (χ1n) is 7.64. The molecule has 2 atom stereocenters. The lowest BCUT2D eigenvalue weighted by molar-refractivity contribution is -0.120. The second-order valence-electron chi connectivity index (χ2n) is 5.63. The molecule has 0 unspecified atom stereocenters. The van der Waals surface area contributed by atoms with E-state index in [1.807, 2.05) is 19.9 Å². The number of aromatic nitrogens is 3. The minimum atomic E-state index is -0.757. The number of primary amides is 1. The Hall–Kier alpha value is -2.41. The van der Waals surface area contributed by atoms with Crippen LogP contribution in [0.1, 0.15) is 36.5 Å². The van der Waals surface area contributed by atoms with E-state index < -0.39 is 17.9 Å². The molecular weight excluding hydrogens is 330 g/mol. The van der Waals surface area contributed by atoms with E-state index in [4.69, 9.17) is 17.3 Å². The number of hydrogen-bond acceptors (Lipinski definition) is 4. The summed E-state index contributed by atoms with van der Waals surface area (Å²) in [6, 6.07) is 6.36. The van der Waals surface area contributed by atoms with Crippen LogP contribution < -0.4 is 11.1 Å². The molecule has 2 rings (SSSR count). The quantitative estimate of drug-likeness (QED) is 0.830. The summed E-state index contributed by atoms with van der Waals surface area (Å²) in [5.41, 5.74) is 6.65. The average molecular weight is 350 g/mol. The third kappa shape index (κ3) is 3.56. The molecule has 1 aromatic carbocycles. The zero-order valence-electron chi connectivity index (χ0n) is 13.8. The van der Waals surface area contributed by atoms with Gasteiger partial charge < -0.3 is 11.1 Å². The summed E-state index contributed by atoms with van der Waals surface area (Å²) in [5, 5.41) is 11.0. The molecule has 0 bridgehead atoms. The second-order valence-corrected chi connectivity index (χ2v) is 6.03. The molecule has 1 heterocycles. The van der Waals surface area contributed by atoms with E-state index >= 15 is 0 Å². The number of hydrogen-bond donors (Lipinski definition) is 2. The van der Waals surface area contributed by atoms with Gasteiger partial charge >= 0.3 is 0 Å². The summed E-state index contributed by atoms with van der Waals surface area (Å²) < 4.78 is 1.49. The first-order valence-corrected chi connectivity index (χ1v) is 8.02. The average Bonchev–Trinajstić information content (AvgIpc) is 2.93. The van der Waals surface area contributed by atoms with E-state index in [-0.39, 0.29) is 11.6 Å². The molecule has 0 aliphatic rings. The van der Waals surface area contributed by atoms with Crippen LogP contribution in [0.3, 0.4) is 0 Å². The summed E-state index contributed by atoms with van der Waals surface area (Å²) in [6.07, 6.45) is 0.708. The van der Waals surface area contributed by atoms with E-state index in [1.165, 1.54) is 4.68 Å². The van der Waals surface area contributed by atoms with Crippen molar-refractivity contribution in [2.45, 2.75) is 33.2 Å². The fraction of sp³-hybridized carbons (Fsp3) is 0.375. The number of nitrogens with one attached hydrogen (secondary N) is 1. The number of carbonyl (C=O) groups is 2. The number of benzene rings is 1. The molecule has 1 aromatic heterocycles. The van der Waals surface area contributed by atoms with Gasteiger partial charge in [0.25, 0.3) is 5.91 Å². The summed E-state index contributed by atoms with van der Waals surface area (Å²) in [6.45, 7) is 5.48. The number of nitrogens with zero attached hydrogens (tertiary/aromatic N) is 3. The van der Waals surface area contributed by atoms with E-state index in [0.29, 0.717) is 22.8 Å². The largest absolute Gasteiger partial charge is 0.368 e. The monoisotopic (exact) mass is 349 g/mol. The molecule has 0 spiro atoms. The molecule has 0 aliphatic heterocycles. The lowest BCUT2D eigenvalue weighted by Gasteiger charge is -2.20. The molecular formula is C16H20ClN5O2. The molecule has 2 aromatic rings.